The first-order valence-electron chi connectivity index (χ1n) is 11.2. The summed E-state index contributed by atoms with van der Waals surface area (Å²) in [5.41, 5.74) is 2.19. The first-order valence-corrected chi connectivity index (χ1v) is 13.8. The number of anilines is 1. The summed E-state index contributed by atoms with van der Waals surface area (Å²) in [5, 5.41) is 20.0. The lowest BCUT2D eigenvalue weighted by Crippen LogP contribution is -2.29. The number of hydrogen-bond donors (Lipinski definition) is 1. The van der Waals surface area contributed by atoms with Gasteiger partial charge < -0.3 is 9.84 Å². The second-order valence-corrected chi connectivity index (χ2v) is 11.2. The summed E-state index contributed by atoms with van der Waals surface area (Å²) in [5.74, 6) is -0.508. The molecule has 0 saturated carbocycles. The van der Waals surface area contributed by atoms with E-state index in [2.05, 4.69) is 26.1 Å². The molecule has 1 atom stereocenters. The van der Waals surface area contributed by atoms with Gasteiger partial charge in [0.25, 0.3) is 5.78 Å². The number of nitrogens with zero attached hydrogens (tertiary/aromatic N) is 3. The Morgan fingerprint density at radius 3 is 2.41 bits per heavy atom. The maximum absolute atomic E-state index is 13.3. The van der Waals surface area contributed by atoms with Crippen molar-refractivity contribution in [3.8, 4) is 5.75 Å². The van der Waals surface area contributed by atoms with Gasteiger partial charge in [0.15, 0.2) is 4.34 Å². The second-order valence-electron chi connectivity index (χ2n) is 8.07. The molecular formula is C27H20BrN3O4S2. The zero-order chi connectivity index (χ0) is 25.9. The van der Waals surface area contributed by atoms with Crippen molar-refractivity contribution >= 4 is 61.6 Å². The summed E-state index contributed by atoms with van der Waals surface area (Å²) in [4.78, 5) is 28.0. The van der Waals surface area contributed by atoms with Gasteiger partial charge in [-0.2, -0.15) is 0 Å². The third-order valence-electron chi connectivity index (χ3n) is 5.80. The Bertz CT molecular complexity index is 1470. The van der Waals surface area contributed by atoms with Crippen LogP contribution in [0.25, 0.3) is 5.76 Å². The van der Waals surface area contributed by atoms with Crippen LogP contribution in [-0.2, 0) is 15.3 Å². The van der Waals surface area contributed by atoms with Gasteiger partial charge in [0.05, 0.1) is 18.7 Å². The van der Waals surface area contributed by atoms with Crippen LogP contribution in [0.3, 0.4) is 0 Å². The molecule has 186 valence electrons. The van der Waals surface area contributed by atoms with E-state index >= 15 is 0 Å². The molecular weight excluding hydrogens is 574 g/mol. The average Bonchev–Trinajstić information content (AvgIpc) is 3.50. The fourth-order valence-electron chi connectivity index (χ4n) is 3.97. The van der Waals surface area contributed by atoms with Crippen molar-refractivity contribution in [1.82, 2.24) is 10.2 Å². The van der Waals surface area contributed by atoms with Crippen molar-refractivity contribution < 1.29 is 19.4 Å². The van der Waals surface area contributed by atoms with Gasteiger partial charge in [-0.25, -0.2) is 0 Å². The summed E-state index contributed by atoms with van der Waals surface area (Å²) in [6.07, 6.45) is 0. The first kappa shape index (κ1) is 25.2. The molecule has 37 heavy (non-hydrogen) atoms. The lowest BCUT2D eigenvalue weighted by molar-refractivity contribution is -0.132. The highest BCUT2D eigenvalue weighted by molar-refractivity contribution is 9.10. The maximum atomic E-state index is 13.3. The molecule has 5 rings (SSSR count). The molecule has 1 aromatic heterocycles. The van der Waals surface area contributed by atoms with Crippen LogP contribution in [0.15, 0.2) is 93.2 Å². The molecule has 0 bridgehead atoms. The van der Waals surface area contributed by atoms with E-state index in [-0.39, 0.29) is 11.3 Å². The highest BCUT2D eigenvalue weighted by Crippen LogP contribution is 2.44. The van der Waals surface area contributed by atoms with E-state index in [1.165, 1.54) is 28.0 Å². The van der Waals surface area contributed by atoms with Crippen LogP contribution in [-0.4, -0.2) is 34.1 Å². The quantitative estimate of drug-likeness (QED) is 0.0892. The predicted octanol–water partition coefficient (Wildman–Crippen LogP) is 6.23. The predicted molar refractivity (Wildman–Crippen MR) is 148 cm³/mol. The third-order valence-corrected chi connectivity index (χ3v) is 8.46. The lowest BCUT2D eigenvalue weighted by atomic mass is 9.95. The topological polar surface area (TPSA) is 92.6 Å². The van der Waals surface area contributed by atoms with Crippen LogP contribution in [0.2, 0.25) is 0 Å². The Balaban J connectivity index is 1.54. The van der Waals surface area contributed by atoms with Crippen LogP contribution < -0.4 is 9.64 Å². The zero-order valence-corrected chi connectivity index (χ0v) is 22.7. The Labute approximate surface area is 229 Å². The molecule has 2 heterocycles. The molecule has 1 aliphatic rings. The minimum absolute atomic E-state index is 0.00817. The number of methoxy groups -OCH3 is 1. The Morgan fingerprint density at radius 2 is 1.73 bits per heavy atom. The minimum atomic E-state index is -0.866. The van der Waals surface area contributed by atoms with E-state index in [9.17, 15) is 14.7 Å². The van der Waals surface area contributed by atoms with E-state index < -0.39 is 17.7 Å². The van der Waals surface area contributed by atoms with Gasteiger partial charge in [0.1, 0.15) is 11.5 Å². The Kier molecular flexibility index (Phi) is 7.40. The van der Waals surface area contributed by atoms with Crippen molar-refractivity contribution in [2.75, 3.05) is 12.0 Å². The van der Waals surface area contributed by atoms with Crippen molar-refractivity contribution in [2.45, 2.75) is 16.1 Å². The molecule has 1 N–H and O–H groups in total. The van der Waals surface area contributed by atoms with Crippen LogP contribution >= 0.6 is 39.0 Å². The third kappa shape index (κ3) is 5.18. The van der Waals surface area contributed by atoms with Gasteiger partial charge in [0.2, 0.25) is 5.13 Å². The SMILES string of the molecule is COc1ccc(/C(O)=C2/C(=O)C(=O)N(c3nnc(SCc4ccccc4)s3)C2c2ccc(Br)cc2)cc1. The van der Waals surface area contributed by atoms with Crippen molar-refractivity contribution in [2.24, 2.45) is 0 Å². The maximum Gasteiger partial charge on any atom is 0.301 e. The molecule has 7 nitrogen and oxygen atoms in total. The summed E-state index contributed by atoms with van der Waals surface area (Å²) >= 11 is 6.17. The minimum Gasteiger partial charge on any atom is -0.507 e. The molecule has 0 spiro atoms. The van der Waals surface area contributed by atoms with Gasteiger partial charge in [-0.05, 0) is 47.5 Å². The van der Waals surface area contributed by atoms with Crippen molar-refractivity contribution in [3.63, 3.8) is 0 Å². The lowest BCUT2D eigenvalue weighted by Gasteiger charge is -2.22. The first-order chi connectivity index (χ1) is 18.0. The van der Waals surface area contributed by atoms with E-state index in [0.29, 0.717) is 32.1 Å². The molecule has 10 heteroatoms. The normalized spacial score (nSPS) is 16.8. The standard InChI is InChI=1S/C27H20BrN3O4S2/c1-35-20-13-9-18(10-14-20)23(32)21-22(17-7-11-19(28)12-8-17)31(25(34)24(21)33)26-29-30-27(37-26)36-15-16-5-3-2-4-6-16/h2-14,22,32H,15H2,1H3/b23-21-. The number of Topliss-reactive ketones (excluding diaryl/α,β-unsaturated/α-hetero) is 1. The molecule has 0 radical (unpaired) electrons. The number of aliphatic hydroxyl groups excluding tert-OH is 1. The van der Waals surface area contributed by atoms with Gasteiger partial charge in [0, 0.05) is 15.8 Å². The number of aliphatic hydroxyl groups is 1. The van der Waals surface area contributed by atoms with Crippen LogP contribution in [0.1, 0.15) is 22.7 Å². The monoisotopic (exact) mass is 593 g/mol. The summed E-state index contributed by atoms with van der Waals surface area (Å²) < 4.78 is 6.71. The average molecular weight is 595 g/mol. The number of ether oxygens (including phenoxy) is 1. The van der Waals surface area contributed by atoms with Gasteiger partial charge in [-0.1, -0.05) is 81.5 Å². The van der Waals surface area contributed by atoms with Crippen molar-refractivity contribution in [1.29, 1.82) is 0 Å². The fraction of sp³-hybridized carbons (Fsp3) is 0.111. The van der Waals surface area contributed by atoms with E-state index in [0.717, 1.165) is 10.0 Å². The molecule has 1 fully saturated rings. The number of aromatic nitrogens is 2. The number of carbonyl (C=O) groups excluding carboxylic acids is 2. The molecule has 1 saturated heterocycles. The Hall–Kier alpha value is -3.47. The van der Waals surface area contributed by atoms with Crippen molar-refractivity contribution in [3.05, 3.63) is 106 Å². The number of amides is 1. The van der Waals surface area contributed by atoms with Gasteiger partial charge in [-0.15, -0.1) is 10.2 Å². The Morgan fingerprint density at radius 1 is 1.03 bits per heavy atom. The number of thioether (sulfide) groups is 1. The largest absolute Gasteiger partial charge is 0.507 e. The number of benzene rings is 3. The fourth-order valence-corrected chi connectivity index (χ4v) is 6.06. The summed E-state index contributed by atoms with van der Waals surface area (Å²) in [7, 11) is 1.54. The highest BCUT2D eigenvalue weighted by atomic mass is 79.9. The molecule has 3 aromatic carbocycles. The van der Waals surface area contributed by atoms with Gasteiger partial charge in [-0.3, -0.25) is 14.5 Å². The smallest absolute Gasteiger partial charge is 0.301 e. The zero-order valence-electron chi connectivity index (χ0n) is 19.5. The number of ketones is 1. The van der Waals surface area contributed by atoms with Gasteiger partial charge >= 0.3 is 5.91 Å². The van der Waals surface area contributed by atoms with Crippen LogP contribution in [0, 0.1) is 0 Å². The van der Waals surface area contributed by atoms with E-state index in [4.69, 9.17) is 4.74 Å². The molecule has 4 aromatic rings. The number of rotatable bonds is 7. The number of hydrogen-bond acceptors (Lipinski definition) is 8. The number of carbonyl (C=O) groups is 2. The highest BCUT2D eigenvalue weighted by Gasteiger charge is 2.48. The van der Waals surface area contributed by atoms with Crippen LogP contribution in [0.4, 0.5) is 5.13 Å². The summed E-state index contributed by atoms with van der Waals surface area (Å²) in [6.45, 7) is 0. The van der Waals surface area contributed by atoms with Crippen LogP contribution in [0.5, 0.6) is 5.75 Å². The second kappa shape index (κ2) is 10.9. The molecule has 1 aliphatic heterocycles. The summed E-state index contributed by atoms with van der Waals surface area (Å²) in [6, 6.07) is 23.0. The number of halogens is 1. The van der Waals surface area contributed by atoms with E-state index in [1.807, 2.05) is 42.5 Å². The van der Waals surface area contributed by atoms with E-state index in [1.54, 1.807) is 43.5 Å². The molecule has 0 aliphatic carbocycles. The molecule has 1 amide bonds. The molecule has 1 unspecified atom stereocenters.